The van der Waals surface area contributed by atoms with Gasteiger partial charge in [-0.15, -0.1) is 0 Å². The van der Waals surface area contributed by atoms with Gasteiger partial charge in [-0.2, -0.15) is 0 Å². The van der Waals surface area contributed by atoms with Gasteiger partial charge in [0.2, 0.25) is 0 Å². The smallest absolute Gasteiger partial charge is 0.255 e. The second-order valence-electron chi connectivity index (χ2n) is 4.82. The second-order valence-corrected chi connectivity index (χ2v) is 5.23. The highest BCUT2D eigenvalue weighted by Gasteiger charge is 2.23. The zero-order valence-corrected chi connectivity index (χ0v) is 12.0. The number of halogens is 1. The van der Waals surface area contributed by atoms with Crippen molar-refractivity contribution >= 4 is 17.5 Å². The average Bonchev–Trinajstić information content (AvgIpc) is 2.34. The molecule has 0 aromatic heterocycles. The Labute approximate surface area is 122 Å². The van der Waals surface area contributed by atoms with Crippen LogP contribution in [0, 0.1) is 0 Å². The Morgan fingerprint density at radius 3 is 2.75 bits per heavy atom. The molecule has 1 amide bonds. The van der Waals surface area contributed by atoms with Gasteiger partial charge in [-0.25, -0.2) is 0 Å². The molecule has 1 aromatic rings. The van der Waals surface area contributed by atoms with Crippen LogP contribution in [0.25, 0.3) is 0 Å². The molecule has 0 spiro atoms. The number of primary amides is 1. The van der Waals surface area contributed by atoms with Crippen molar-refractivity contribution in [1.82, 2.24) is 4.90 Å². The van der Waals surface area contributed by atoms with Crippen molar-refractivity contribution in [3.05, 3.63) is 22.7 Å². The van der Waals surface area contributed by atoms with E-state index in [4.69, 9.17) is 32.5 Å². The molecule has 1 aliphatic heterocycles. The number of nitrogens with two attached hydrogens (primary N) is 2. The lowest BCUT2D eigenvalue weighted by Gasteiger charge is -2.36. The van der Waals surface area contributed by atoms with Gasteiger partial charge in [0.25, 0.3) is 5.91 Å². The first-order valence-electron chi connectivity index (χ1n) is 6.25. The summed E-state index contributed by atoms with van der Waals surface area (Å²) in [5.41, 5.74) is 11.8. The molecule has 4 N–H and O–H groups in total. The molecule has 1 aliphatic rings. The molecule has 0 bridgehead atoms. The number of amides is 1. The highest BCUT2D eigenvalue weighted by atomic mass is 35.5. The molecule has 0 atom stereocenters. The fourth-order valence-electron chi connectivity index (χ4n) is 2.15. The maximum atomic E-state index is 10.8. The van der Waals surface area contributed by atoms with E-state index < -0.39 is 5.91 Å². The lowest BCUT2D eigenvalue weighted by Crippen LogP contribution is -2.54. The van der Waals surface area contributed by atoms with Gasteiger partial charge in [0.15, 0.2) is 18.1 Å². The van der Waals surface area contributed by atoms with E-state index in [1.807, 2.05) is 6.07 Å². The third kappa shape index (κ3) is 3.53. The summed E-state index contributed by atoms with van der Waals surface area (Å²) in [4.78, 5) is 13.0. The number of likely N-dealkylation sites (tertiary alicyclic amines) is 1. The Hall–Kier alpha value is -1.50. The summed E-state index contributed by atoms with van der Waals surface area (Å²) in [5, 5.41) is 0.394. The van der Waals surface area contributed by atoms with Gasteiger partial charge < -0.3 is 20.9 Å². The lowest BCUT2D eigenvalue weighted by atomic mass is 10.1. The Balaban J connectivity index is 2.12. The average molecular weight is 300 g/mol. The molecule has 7 heteroatoms. The Morgan fingerprint density at radius 2 is 2.20 bits per heavy atom. The SMILES string of the molecule is COc1cc(CN2CC(N)C2)cc(Cl)c1OCC(N)=O. The molecule has 0 aliphatic carbocycles. The largest absolute Gasteiger partial charge is 0.493 e. The van der Waals surface area contributed by atoms with Crippen LogP contribution < -0.4 is 20.9 Å². The number of ether oxygens (including phenoxy) is 2. The number of rotatable bonds is 6. The molecule has 0 radical (unpaired) electrons. The quantitative estimate of drug-likeness (QED) is 0.791. The number of nitrogens with zero attached hydrogens (tertiary/aromatic N) is 1. The molecule has 1 aromatic carbocycles. The van der Waals surface area contributed by atoms with Gasteiger partial charge in [-0.3, -0.25) is 9.69 Å². The zero-order valence-electron chi connectivity index (χ0n) is 11.3. The van der Waals surface area contributed by atoms with Crippen LogP contribution in [0.15, 0.2) is 12.1 Å². The molecule has 0 saturated carbocycles. The van der Waals surface area contributed by atoms with E-state index in [0.717, 1.165) is 25.2 Å². The molecule has 20 heavy (non-hydrogen) atoms. The van der Waals surface area contributed by atoms with Crippen LogP contribution in [-0.2, 0) is 11.3 Å². The van der Waals surface area contributed by atoms with Crippen molar-refractivity contribution in [2.45, 2.75) is 12.6 Å². The van der Waals surface area contributed by atoms with Gasteiger partial charge >= 0.3 is 0 Å². The molecule has 1 saturated heterocycles. The molecule has 1 fully saturated rings. The van der Waals surface area contributed by atoms with Gasteiger partial charge in [0, 0.05) is 25.7 Å². The van der Waals surface area contributed by atoms with Crippen molar-refractivity contribution < 1.29 is 14.3 Å². The van der Waals surface area contributed by atoms with Crippen LogP contribution in [0.2, 0.25) is 5.02 Å². The topological polar surface area (TPSA) is 90.8 Å². The molecular formula is C13H18ClN3O3. The Morgan fingerprint density at radius 1 is 1.50 bits per heavy atom. The van der Waals surface area contributed by atoms with Crippen LogP contribution in [0.1, 0.15) is 5.56 Å². The van der Waals surface area contributed by atoms with Gasteiger partial charge in [-0.1, -0.05) is 11.6 Å². The summed E-state index contributed by atoms with van der Waals surface area (Å²) in [6, 6.07) is 3.89. The van der Waals surface area contributed by atoms with Crippen LogP contribution in [0.4, 0.5) is 0 Å². The fourth-order valence-corrected chi connectivity index (χ4v) is 2.43. The Bertz CT molecular complexity index is 504. The summed E-state index contributed by atoms with van der Waals surface area (Å²) in [6.45, 7) is 2.26. The molecular weight excluding hydrogens is 282 g/mol. The first-order chi connectivity index (χ1) is 9.49. The zero-order chi connectivity index (χ0) is 14.7. The molecule has 6 nitrogen and oxygen atoms in total. The lowest BCUT2D eigenvalue weighted by molar-refractivity contribution is -0.119. The number of carbonyl (C=O) groups is 1. The molecule has 110 valence electrons. The predicted molar refractivity (Wildman–Crippen MR) is 75.9 cm³/mol. The van der Waals surface area contributed by atoms with Crippen LogP contribution in [-0.4, -0.2) is 43.7 Å². The Kier molecular flexibility index (Phi) is 4.69. The normalized spacial score (nSPS) is 15.8. The number of hydrogen-bond acceptors (Lipinski definition) is 5. The number of carbonyl (C=O) groups excluding carboxylic acids is 1. The summed E-state index contributed by atoms with van der Waals surface area (Å²) < 4.78 is 10.5. The van der Waals surface area contributed by atoms with E-state index in [1.54, 1.807) is 6.07 Å². The first-order valence-corrected chi connectivity index (χ1v) is 6.63. The summed E-state index contributed by atoms with van der Waals surface area (Å²) >= 11 is 6.17. The highest BCUT2D eigenvalue weighted by Crippen LogP contribution is 2.36. The predicted octanol–water partition coefficient (Wildman–Crippen LogP) is 0.356. The van der Waals surface area contributed by atoms with E-state index in [2.05, 4.69) is 4.90 Å². The second kappa shape index (κ2) is 6.30. The van der Waals surface area contributed by atoms with Gasteiger partial charge in [-0.05, 0) is 17.7 Å². The van der Waals surface area contributed by atoms with E-state index in [1.165, 1.54) is 7.11 Å². The minimum Gasteiger partial charge on any atom is -0.493 e. The first kappa shape index (κ1) is 14.9. The summed E-state index contributed by atoms with van der Waals surface area (Å²) in [7, 11) is 1.52. The van der Waals surface area contributed by atoms with Crippen molar-refractivity contribution in [1.29, 1.82) is 0 Å². The number of hydrogen-bond donors (Lipinski definition) is 2. The molecule has 2 rings (SSSR count). The molecule has 0 unspecified atom stereocenters. The molecule has 1 heterocycles. The highest BCUT2D eigenvalue weighted by molar-refractivity contribution is 6.32. The summed E-state index contributed by atoms with van der Waals surface area (Å²) in [6.07, 6.45) is 0. The van der Waals surface area contributed by atoms with E-state index in [9.17, 15) is 4.79 Å². The maximum Gasteiger partial charge on any atom is 0.255 e. The van der Waals surface area contributed by atoms with Crippen LogP contribution in [0.3, 0.4) is 0 Å². The van der Waals surface area contributed by atoms with Crippen molar-refractivity contribution in [3.63, 3.8) is 0 Å². The van der Waals surface area contributed by atoms with Gasteiger partial charge in [0.05, 0.1) is 12.1 Å². The van der Waals surface area contributed by atoms with Crippen molar-refractivity contribution in [2.24, 2.45) is 11.5 Å². The van der Waals surface area contributed by atoms with E-state index >= 15 is 0 Å². The number of benzene rings is 1. The van der Waals surface area contributed by atoms with E-state index in [-0.39, 0.29) is 12.6 Å². The minimum absolute atomic E-state index is 0.240. The van der Waals surface area contributed by atoms with Crippen LogP contribution >= 0.6 is 11.6 Å². The van der Waals surface area contributed by atoms with E-state index in [0.29, 0.717) is 16.5 Å². The standard InChI is InChI=1S/C13H18ClN3O3/c1-19-11-3-8(4-17-5-9(15)6-17)2-10(14)13(11)20-7-12(16)18/h2-3,9H,4-7,15H2,1H3,(H2,16,18). The maximum absolute atomic E-state index is 10.8. The van der Waals surface area contributed by atoms with Crippen molar-refractivity contribution in [3.8, 4) is 11.5 Å². The van der Waals surface area contributed by atoms with Gasteiger partial charge in [0.1, 0.15) is 0 Å². The third-order valence-corrected chi connectivity index (χ3v) is 3.32. The summed E-state index contributed by atoms with van der Waals surface area (Å²) in [5.74, 6) is 0.248. The monoisotopic (exact) mass is 299 g/mol. The van der Waals surface area contributed by atoms with Crippen molar-refractivity contribution in [2.75, 3.05) is 26.8 Å². The minimum atomic E-state index is -0.568. The van der Waals surface area contributed by atoms with Crippen LogP contribution in [0.5, 0.6) is 11.5 Å². The number of methoxy groups -OCH3 is 1. The third-order valence-electron chi connectivity index (χ3n) is 3.04. The fraction of sp³-hybridized carbons (Fsp3) is 0.462.